The molecule has 0 fully saturated rings. The Hall–Kier alpha value is -0.250. The number of hydrogen-bond acceptors (Lipinski definition) is 2. The zero-order valence-corrected chi connectivity index (χ0v) is 8.32. The van der Waals surface area contributed by atoms with Gasteiger partial charge in [0, 0.05) is 29.6 Å². The summed E-state index contributed by atoms with van der Waals surface area (Å²) in [5.74, 6) is -0.332. The lowest BCUT2D eigenvalue weighted by Crippen LogP contribution is -2.31. The Labute approximate surface area is 81.9 Å². The molecular weight excluding hydrogens is 199 g/mol. The average molecular weight is 211 g/mol. The van der Waals surface area contributed by atoms with Crippen molar-refractivity contribution in [1.29, 1.82) is 0 Å². The van der Waals surface area contributed by atoms with Crippen LogP contribution in [0.4, 0.5) is 0 Å². The summed E-state index contributed by atoms with van der Waals surface area (Å²) in [6, 6.07) is 0.0212. The summed E-state index contributed by atoms with van der Waals surface area (Å²) in [5, 5.41) is 3.49. The van der Waals surface area contributed by atoms with Gasteiger partial charge in [0.15, 0.2) is 0 Å². The number of hydrogen-bond donors (Lipinski definition) is 2. The minimum absolute atomic E-state index is 0.0212. The number of nitrogens with two attached hydrogens (primary N) is 1. The number of carbonyl (C=O) groups is 1. The number of carbonyl (C=O) groups excluding carboxylic acids is 1. The van der Waals surface area contributed by atoms with Gasteiger partial charge in [0.2, 0.25) is 5.91 Å². The van der Waals surface area contributed by atoms with Crippen LogP contribution in [0.3, 0.4) is 0 Å². The lowest BCUT2D eigenvalue weighted by molar-refractivity contribution is -0.118. The normalized spacial score (nSPS) is 14.4. The number of halogens is 2. The fourth-order valence-corrected chi connectivity index (χ4v) is 0.839. The van der Waals surface area contributed by atoms with Gasteiger partial charge in [-0.25, -0.2) is 0 Å². The maximum Gasteiger partial charge on any atom is 0.218 e. The van der Waals surface area contributed by atoms with E-state index in [-0.39, 0.29) is 11.9 Å². The SMILES string of the molecule is CC(CC(N)=O)NCC(Cl)=CCl. The molecule has 0 aromatic carbocycles. The standard InChI is InChI=1S/C7H12Cl2N2O/c1-5(2-7(10)12)11-4-6(9)3-8/h3,5,11H,2,4H2,1H3,(H2,10,12). The van der Waals surface area contributed by atoms with Gasteiger partial charge in [0.05, 0.1) is 0 Å². The molecule has 0 aliphatic rings. The predicted octanol–water partition coefficient (Wildman–Crippen LogP) is 1.16. The van der Waals surface area contributed by atoms with Gasteiger partial charge in [-0.15, -0.1) is 0 Å². The van der Waals surface area contributed by atoms with Crippen LogP contribution >= 0.6 is 23.2 Å². The smallest absolute Gasteiger partial charge is 0.218 e. The molecule has 5 heteroatoms. The Balaban J connectivity index is 3.57. The molecule has 0 heterocycles. The van der Waals surface area contributed by atoms with Crippen LogP contribution in [0, 0.1) is 0 Å². The minimum atomic E-state index is -0.332. The second kappa shape index (κ2) is 6.29. The molecule has 0 saturated heterocycles. The molecule has 1 atom stereocenters. The van der Waals surface area contributed by atoms with E-state index in [1.807, 2.05) is 6.92 Å². The molecule has 1 unspecified atom stereocenters. The number of amides is 1. The first-order valence-corrected chi connectivity index (χ1v) is 4.34. The van der Waals surface area contributed by atoms with Crippen LogP contribution in [-0.2, 0) is 4.79 Å². The lowest BCUT2D eigenvalue weighted by Gasteiger charge is -2.10. The summed E-state index contributed by atoms with van der Waals surface area (Å²) in [4.78, 5) is 10.4. The largest absolute Gasteiger partial charge is 0.370 e. The van der Waals surface area contributed by atoms with Crippen LogP contribution in [-0.4, -0.2) is 18.5 Å². The van der Waals surface area contributed by atoms with Gasteiger partial charge in [0.25, 0.3) is 0 Å². The van der Waals surface area contributed by atoms with Crippen molar-refractivity contribution in [3.8, 4) is 0 Å². The van der Waals surface area contributed by atoms with E-state index in [0.717, 1.165) is 0 Å². The maximum absolute atomic E-state index is 10.4. The van der Waals surface area contributed by atoms with E-state index >= 15 is 0 Å². The van der Waals surface area contributed by atoms with Crippen molar-refractivity contribution in [2.75, 3.05) is 6.54 Å². The molecule has 0 saturated carbocycles. The topological polar surface area (TPSA) is 55.1 Å². The van der Waals surface area contributed by atoms with Gasteiger partial charge < -0.3 is 11.1 Å². The van der Waals surface area contributed by atoms with Gasteiger partial charge in [-0.2, -0.15) is 0 Å². The molecule has 12 heavy (non-hydrogen) atoms. The molecule has 0 spiro atoms. The summed E-state index contributed by atoms with van der Waals surface area (Å²) >= 11 is 10.9. The second-order valence-electron chi connectivity index (χ2n) is 2.51. The van der Waals surface area contributed by atoms with Crippen LogP contribution in [0.2, 0.25) is 0 Å². The van der Waals surface area contributed by atoms with Crippen LogP contribution in [0.5, 0.6) is 0 Å². The third-order valence-corrected chi connectivity index (χ3v) is 1.86. The van der Waals surface area contributed by atoms with E-state index in [4.69, 9.17) is 28.9 Å². The fourth-order valence-electron chi connectivity index (χ4n) is 0.684. The fraction of sp³-hybridized carbons (Fsp3) is 0.571. The van der Waals surface area contributed by atoms with Crippen molar-refractivity contribution in [3.05, 3.63) is 10.6 Å². The summed E-state index contributed by atoms with van der Waals surface area (Å²) in [7, 11) is 0. The molecule has 0 aromatic heterocycles. The average Bonchev–Trinajstić information content (AvgIpc) is 1.99. The van der Waals surface area contributed by atoms with Crippen LogP contribution in [0.15, 0.2) is 10.6 Å². The van der Waals surface area contributed by atoms with Crippen molar-refractivity contribution >= 4 is 29.1 Å². The summed E-state index contributed by atoms with van der Waals surface area (Å²) in [6.45, 7) is 2.31. The van der Waals surface area contributed by atoms with E-state index in [1.165, 1.54) is 5.54 Å². The first-order valence-electron chi connectivity index (χ1n) is 3.52. The van der Waals surface area contributed by atoms with Gasteiger partial charge in [-0.1, -0.05) is 23.2 Å². The van der Waals surface area contributed by atoms with Crippen molar-refractivity contribution in [2.24, 2.45) is 5.73 Å². The molecule has 3 nitrogen and oxygen atoms in total. The Morgan fingerprint density at radius 2 is 2.33 bits per heavy atom. The quantitative estimate of drug-likeness (QED) is 0.716. The number of rotatable bonds is 5. The highest BCUT2D eigenvalue weighted by Gasteiger charge is 2.04. The molecule has 0 aliphatic carbocycles. The van der Waals surface area contributed by atoms with Gasteiger partial charge in [-0.3, -0.25) is 4.79 Å². The van der Waals surface area contributed by atoms with Gasteiger partial charge in [0.1, 0.15) is 0 Å². The molecule has 0 aromatic rings. The third kappa shape index (κ3) is 6.46. The van der Waals surface area contributed by atoms with Crippen molar-refractivity contribution in [2.45, 2.75) is 19.4 Å². The molecule has 0 aliphatic heterocycles. The van der Waals surface area contributed by atoms with E-state index in [9.17, 15) is 4.79 Å². The molecule has 0 bridgehead atoms. The molecular formula is C7H12Cl2N2O. The third-order valence-electron chi connectivity index (χ3n) is 1.25. The second-order valence-corrected chi connectivity index (χ2v) is 3.21. The first-order chi connectivity index (χ1) is 5.56. The first kappa shape index (κ1) is 11.8. The molecule has 70 valence electrons. The Morgan fingerprint density at radius 3 is 2.75 bits per heavy atom. The zero-order valence-electron chi connectivity index (χ0n) is 6.81. The molecule has 1 amide bonds. The maximum atomic E-state index is 10.4. The Bertz CT molecular complexity index is 182. The van der Waals surface area contributed by atoms with Crippen LogP contribution in [0.1, 0.15) is 13.3 Å². The summed E-state index contributed by atoms with van der Waals surface area (Å²) < 4.78 is 0. The van der Waals surface area contributed by atoms with Gasteiger partial charge in [-0.05, 0) is 6.92 Å². The number of primary amides is 1. The Kier molecular flexibility index (Phi) is 6.16. The van der Waals surface area contributed by atoms with E-state index in [1.54, 1.807) is 0 Å². The van der Waals surface area contributed by atoms with E-state index < -0.39 is 0 Å². The van der Waals surface area contributed by atoms with Crippen molar-refractivity contribution in [1.82, 2.24) is 5.32 Å². The van der Waals surface area contributed by atoms with Crippen LogP contribution in [0.25, 0.3) is 0 Å². The van der Waals surface area contributed by atoms with Gasteiger partial charge >= 0.3 is 0 Å². The van der Waals surface area contributed by atoms with E-state index in [0.29, 0.717) is 18.0 Å². The number of nitrogens with one attached hydrogen (secondary N) is 1. The van der Waals surface area contributed by atoms with E-state index in [2.05, 4.69) is 5.32 Å². The highest BCUT2D eigenvalue weighted by Crippen LogP contribution is 2.01. The summed E-state index contributed by atoms with van der Waals surface area (Å²) in [5.41, 5.74) is 6.26. The molecule has 3 N–H and O–H groups in total. The molecule has 0 radical (unpaired) electrons. The summed E-state index contributed by atoms with van der Waals surface area (Å²) in [6.07, 6.45) is 0.298. The van der Waals surface area contributed by atoms with Crippen molar-refractivity contribution < 1.29 is 4.79 Å². The highest BCUT2D eigenvalue weighted by atomic mass is 35.5. The van der Waals surface area contributed by atoms with Crippen LogP contribution < -0.4 is 11.1 Å². The highest BCUT2D eigenvalue weighted by molar-refractivity contribution is 6.36. The predicted molar refractivity (Wildman–Crippen MR) is 51.1 cm³/mol. The molecule has 0 rings (SSSR count). The monoisotopic (exact) mass is 210 g/mol. The minimum Gasteiger partial charge on any atom is -0.370 e. The van der Waals surface area contributed by atoms with Crippen molar-refractivity contribution in [3.63, 3.8) is 0 Å². The zero-order chi connectivity index (χ0) is 9.56. The Morgan fingerprint density at radius 1 is 1.75 bits per heavy atom. The lowest BCUT2D eigenvalue weighted by atomic mass is 10.2.